The van der Waals surface area contributed by atoms with Crippen molar-refractivity contribution in [2.75, 3.05) is 19.5 Å². The van der Waals surface area contributed by atoms with Gasteiger partial charge in [0.1, 0.15) is 11.5 Å². The Bertz CT molecular complexity index is 1050. The summed E-state index contributed by atoms with van der Waals surface area (Å²) in [4.78, 5) is 25.5. The summed E-state index contributed by atoms with van der Waals surface area (Å²) in [7, 11) is 3.03. The van der Waals surface area contributed by atoms with Gasteiger partial charge in [0.2, 0.25) is 0 Å². The average molecular weight is 404 g/mol. The van der Waals surface area contributed by atoms with Crippen molar-refractivity contribution in [3.8, 4) is 11.5 Å². The molecule has 6 heteroatoms. The summed E-state index contributed by atoms with van der Waals surface area (Å²) in [5.74, 6) is 0.314. The summed E-state index contributed by atoms with van der Waals surface area (Å²) in [6.07, 6.45) is 0. The van der Waals surface area contributed by atoms with Gasteiger partial charge in [-0.2, -0.15) is 0 Å². The number of amides is 2. The molecule has 0 fully saturated rings. The molecule has 3 aromatic rings. The fourth-order valence-corrected chi connectivity index (χ4v) is 2.95. The SMILES string of the molecule is COc1ccc(C(=O)Nc2ccccc2C(=O)NCc2ccc(C)cc2)c(OC)c1. The maximum atomic E-state index is 12.8. The molecule has 6 nitrogen and oxygen atoms in total. The van der Waals surface area contributed by atoms with Crippen LogP contribution in [0.4, 0.5) is 5.69 Å². The number of hydrogen-bond acceptors (Lipinski definition) is 4. The van der Waals surface area contributed by atoms with E-state index in [0.29, 0.717) is 34.9 Å². The smallest absolute Gasteiger partial charge is 0.259 e. The van der Waals surface area contributed by atoms with Crippen LogP contribution in [-0.4, -0.2) is 26.0 Å². The number of hydrogen-bond donors (Lipinski definition) is 2. The highest BCUT2D eigenvalue weighted by Gasteiger charge is 2.17. The van der Waals surface area contributed by atoms with E-state index in [1.54, 1.807) is 49.6 Å². The van der Waals surface area contributed by atoms with Gasteiger partial charge in [-0.25, -0.2) is 0 Å². The quantitative estimate of drug-likeness (QED) is 0.619. The van der Waals surface area contributed by atoms with Crippen LogP contribution in [0.2, 0.25) is 0 Å². The van der Waals surface area contributed by atoms with Crippen LogP contribution in [0.5, 0.6) is 11.5 Å². The number of carbonyl (C=O) groups is 2. The van der Waals surface area contributed by atoms with Gasteiger partial charge in [-0.05, 0) is 36.8 Å². The van der Waals surface area contributed by atoms with Crippen LogP contribution in [0, 0.1) is 6.92 Å². The molecule has 0 saturated carbocycles. The molecular formula is C24H24N2O4. The van der Waals surface area contributed by atoms with Crippen LogP contribution >= 0.6 is 0 Å². The molecule has 30 heavy (non-hydrogen) atoms. The standard InChI is InChI=1S/C24H24N2O4/c1-16-8-10-17(11-9-16)15-25-23(27)19-6-4-5-7-21(19)26-24(28)20-13-12-18(29-2)14-22(20)30-3/h4-14H,15H2,1-3H3,(H,25,27)(H,26,28). The average Bonchev–Trinajstić information content (AvgIpc) is 2.78. The van der Waals surface area contributed by atoms with E-state index in [4.69, 9.17) is 9.47 Å². The van der Waals surface area contributed by atoms with Gasteiger partial charge in [0.05, 0.1) is 31.0 Å². The number of rotatable bonds is 7. The zero-order valence-corrected chi connectivity index (χ0v) is 17.2. The van der Waals surface area contributed by atoms with Crippen molar-refractivity contribution >= 4 is 17.5 Å². The highest BCUT2D eigenvalue weighted by atomic mass is 16.5. The minimum absolute atomic E-state index is 0.270. The molecule has 0 radical (unpaired) electrons. The van der Waals surface area contributed by atoms with Crippen LogP contribution in [-0.2, 0) is 6.54 Å². The van der Waals surface area contributed by atoms with Gasteiger partial charge in [-0.1, -0.05) is 42.0 Å². The van der Waals surface area contributed by atoms with Gasteiger partial charge >= 0.3 is 0 Å². The molecular weight excluding hydrogens is 380 g/mol. The number of carbonyl (C=O) groups excluding carboxylic acids is 2. The zero-order valence-electron chi connectivity index (χ0n) is 17.2. The molecule has 154 valence electrons. The van der Waals surface area contributed by atoms with Gasteiger partial charge in [-0.15, -0.1) is 0 Å². The van der Waals surface area contributed by atoms with Gasteiger partial charge in [0.15, 0.2) is 0 Å². The molecule has 2 N–H and O–H groups in total. The minimum atomic E-state index is -0.381. The number of ether oxygens (including phenoxy) is 2. The van der Waals surface area contributed by atoms with Crippen molar-refractivity contribution in [3.63, 3.8) is 0 Å². The third kappa shape index (κ3) is 4.97. The summed E-state index contributed by atoms with van der Waals surface area (Å²) in [5, 5.41) is 5.70. The largest absolute Gasteiger partial charge is 0.497 e. The maximum Gasteiger partial charge on any atom is 0.259 e. The first-order valence-corrected chi connectivity index (χ1v) is 9.48. The Balaban J connectivity index is 1.75. The number of anilines is 1. The molecule has 0 aliphatic rings. The second-order valence-electron chi connectivity index (χ2n) is 6.73. The summed E-state index contributed by atoms with van der Waals surface area (Å²) in [6.45, 7) is 2.41. The van der Waals surface area contributed by atoms with E-state index >= 15 is 0 Å². The lowest BCUT2D eigenvalue weighted by Crippen LogP contribution is -2.25. The number of methoxy groups -OCH3 is 2. The Hall–Kier alpha value is -3.80. The highest BCUT2D eigenvalue weighted by molar-refractivity contribution is 6.10. The summed E-state index contributed by atoms with van der Waals surface area (Å²) in [6, 6.07) is 19.7. The normalized spacial score (nSPS) is 10.2. The van der Waals surface area contributed by atoms with Crippen molar-refractivity contribution in [1.29, 1.82) is 0 Å². The topological polar surface area (TPSA) is 76.7 Å². The molecule has 0 atom stereocenters. The Morgan fingerprint density at radius 1 is 0.833 bits per heavy atom. The fourth-order valence-electron chi connectivity index (χ4n) is 2.95. The minimum Gasteiger partial charge on any atom is -0.497 e. The second kappa shape index (κ2) is 9.60. The predicted octanol–water partition coefficient (Wildman–Crippen LogP) is 4.19. The Morgan fingerprint density at radius 2 is 1.57 bits per heavy atom. The number of benzene rings is 3. The van der Waals surface area contributed by atoms with Gasteiger partial charge in [0, 0.05) is 12.6 Å². The lowest BCUT2D eigenvalue weighted by atomic mass is 10.1. The lowest BCUT2D eigenvalue weighted by Gasteiger charge is -2.13. The molecule has 0 aliphatic carbocycles. The number of nitrogens with one attached hydrogen (secondary N) is 2. The van der Waals surface area contributed by atoms with Crippen LogP contribution in [0.15, 0.2) is 66.7 Å². The Kier molecular flexibility index (Phi) is 6.70. The van der Waals surface area contributed by atoms with E-state index < -0.39 is 0 Å². The molecule has 0 unspecified atom stereocenters. The molecule has 0 bridgehead atoms. The van der Waals surface area contributed by atoms with Gasteiger partial charge < -0.3 is 20.1 Å². The van der Waals surface area contributed by atoms with Crippen LogP contribution < -0.4 is 20.1 Å². The summed E-state index contributed by atoms with van der Waals surface area (Å²) < 4.78 is 10.5. The van der Waals surface area contributed by atoms with E-state index in [1.807, 2.05) is 31.2 Å². The number of aryl methyl sites for hydroxylation is 1. The molecule has 0 aromatic heterocycles. The Morgan fingerprint density at radius 3 is 2.27 bits per heavy atom. The zero-order chi connectivity index (χ0) is 21.5. The van der Waals surface area contributed by atoms with Crippen molar-refractivity contribution in [2.45, 2.75) is 13.5 Å². The van der Waals surface area contributed by atoms with Gasteiger partial charge in [0.25, 0.3) is 11.8 Å². The first kappa shape index (κ1) is 20.9. The Labute approximate surface area is 175 Å². The predicted molar refractivity (Wildman–Crippen MR) is 116 cm³/mol. The first-order valence-electron chi connectivity index (χ1n) is 9.48. The lowest BCUT2D eigenvalue weighted by molar-refractivity contribution is 0.0952. The van der Waals surface area contributed by atoms with Crippen LogP contribution in [0.1, 0.15) is 31.8 Å². The van der Waals surface area contributed by atoms with E-state index in [9.17, 15) is 9.59 Å². The van der Waals surface area contributed by atoms with Crippen molar-refractivity contribution < 1.29 is 19.1 Å². The maximum absolute atomic E-state index is 12.8. The third-order valence-electron chi connectivity index (χ3n) is 4.65. The molecule has 3 aromatic carbocycles. The monoisotopic (exact) mass is 404 g/mol. The van der Waals surface area contributed by atoms with Crippen molar-refractivity contribution in [1.82, 2.24) is 5.32 Å². The molecule has 0 spiro atoms. The van der Waals surface area contributed by atoms with Gasteiger partial charge in [-0.3, -0.25) is 9.59 Å². The number of para-hydroxylation sites is 1. The van der Waals surface area contributed by atoms with Crippen molar-refractivity contribution in [2.24, 2.45) is 0 Å². The summed E-state index contributed by atoms with van der Waals surface area (Å²) in [5.41, 5.74) is 3.30. The van der Waals surface area contributed by atoms with E-state index in [1.165, 1.54) is 7.11 Å². The first-order chi connectivity index (χ1) is 14.5. The fraction of sp³-hybridized carbons (Fsp3) is 0.167. The molecule has 0 saturated heterocycles. The third-order valence-corrected chi connectivity index (χ3v) is 4.65. The molecule has 2 amide bonds. The molecule has 0 aliphatic heterocycles. The van der Waals surface area contributed by atoms with E-state index in [2.05, 4.69) is 10.6 Å². The molecule has 3 rings (SSSR count). The highest BCUT2D eigenvalue weighted by Crippen LogP contribution is 2.26. The molecule has 0 heterocycles. The second-order valence-corrected chi connectivity index (χ2v) is 6.73. The van der Waals surface area contributed by atoms with E-state index in [0.717, 1.165) is 11.1 Å². The van der Waals surface area contributed by atoms with E-state index in [-0.39, 0.29) is 11.8 Å². The van der Waals surface area contributed by atoms with Crippen molar-refractivity contribution in [3.05, 3.63) is 89.0 Å². The van der Waals surface area contributed by atoms with Crippen LogP contribution in [0.25, 0.3) is 0 Å². The summed E-state index contributed by atoms with van der Waals surface area (Å²) >= 11 is 0. The van der Waals surface area contributed by atoms with Crippen LogP contribution in [0.3, 0.4) is 0 Å².